The zero-order chi connectivity index (χ0) is 14.8. The van der Waals surface area contributed by atoms with Crippen molar-refractivity contribution in [2.75, 3.05) is 25.4 Å². The molecule has 2 N–H and O–H groups in total. The van der Waals surface area contributed by atoms with Gasteiger partial charge < -0.3 is 10.6 Å². The summed E-state index contributed by atoms with van der Waals surface area (Å²) in [7, 11) is -1.03. The lowest BCUT2D eigenvalue weighted by Crippen LogP contribution is -2.31. The van der Waals surface area contributed by atoms with Gasteiger partial charge in [0.25, 0.3) is 0 Å². The van der Waals surface area contributed by atoms with Gasteiger partial charge in [0.15, 0.2) is 0 Å². The van der Waals surface area contributed by atoms with E-state index in [1.807, 2.05) is 31.2 Å². The van der Waals surface area contributed by atoms with Gasteiger partial charge in [0.05, 0.1) is 10.8 Å². The SMILES string of the molecule is CCNCCNC(=O)CCCS(=O)c1ccc(Br)cc1.Cl. The maximum atomic E-state index is 12.0. The van der Waals surface area contributed by atoms with Gasteiger partial charge in [-0.25, -0.2) is 0 Å². The molecule has 0 aliphatic rings. The normalized spacial score (nSPS) is 11.5. The van der Waals surface area contributed by atoms with E-state index in [0.717, 1.165) is 22.5 Å². The van der Waals surface area contributed by atoms with Crippen LogP contribution in [0, 0.1) is 0 Å². The molecule has 0 spiro atoms. The number of amides is 1. The number of carbonyl (C=O) groups excluding carboxylic acids is 1. The first-order chi connectivity index (χ1) is 9.63. The summed E-state index contributed by atoms with van der Waals surface area (Å²) >= 11 is 3.34. The third-order valence-corrected chi connectivity index (χ3v) is 4.67. The van der Waals surface area contributed by atoms with Crippen molar-refractivity contribution in [1.29, 1.82) is 0 Å². The molecule has 1 atom stereocenters. The Morgan fingerprint density at radius 1 is 1.24 bits per heavy atom. The fraction of sp³-hybridized carbons (Fsp3) is 0.500. The van der Waals surface area contributed by atoms with E-state index in [1.165, 1.54) is 0 Å². The minimum Gasteiger partial charge on any atom is -0.355 e. The van der Waals surface area contributed by atoms with E-state index < -0.39 is 10.8 Å². The molecule has 1 aromatic rings. The van der Waals surface area contributed by atoms with E-state index in [9.17, 15) is 9.00 Å². The lowest BCUT2D eigenvalue weighted by molar-refractivity contribution is -0.121. The number of likely N-dealkylation sites (N-methyl/N-ethyl adjacent to an activating group) is 1. The fourth-order valence-corrected chi connectivity index (χ4v) is 2.97. The van der Waals surface area contributed by atoms with Crippen LogP contribution in [0.4, 0.5) is 0 Å². The second kappa shape index (κ2) is 12.1. The van der Waals surface area contributed by atoms with Gasteiger partial charge >= 0.3 is 0 Å². The Labute approximate surface area is 143 Å². The highest BCUT2D eigenvalue weighted by molar-refractivity contribution is 9.10. The molecule has 0 radical (unpaired) electrons. The van der Waals surface area contributed by atoms with E-state index in [1.54, 1.807) is 0 Å². The highest BCUT2D eigenvalue weighted by Gasteiger charge is 2.06. The Kier molecular flexibility index (Phi) is 11.9. The average Bonchev–Trinajstić information content (AvgIpc) is 2.44. The lowest BCUT2D eigenvalue weighted by atomic mass is 10.3. The predicted octanol–water partition coefficient (Wildman–Crippen LogP) is 2.48. The summed E-state index contributed by atoms with van der Waals surface area (Å²) in [5.74, 6) is 0.540. The van der Waals surface area contributed by atoms with E-state index in [0.29, 0.717) is 25.1 Å². The van der Waals surface area contributed by atoms with Gasteiger partial charge in [-0.2, -0.15) is 0 Å². The highest BCUT2D eigenvalue weighted by atomic mass is 79.9. The minimum absolute atomic E-state index is 0. The first kappa shape index (κ1) is 20.6. The monoisotopic (exact) mass is 396 g/mol. The molecule has 1 aromatic carbocycles. The molecule has 4 nitrogen and oxygen atoms in total. The van der Waals surface area contributed by atoms with Crippen LogP contribution in [0.15, 0.2) is 33.6 Å². The number of nitrogens with one attached hydrogen (secondary N) is 2. The van der Waals surface area contributed by atoms with Crippen molar-refractivity contribution in [3.8, 4) is 0 Å². The fourth-order valence-electron chi connectivity index (χ4n) is 1.62. The van der Waals surface area contributed by atoms with Crippen LogP contribution >= 0.6 is 28.3 Å². The Hall–Kier alpha value is -0.430. The van der Waals surface area contributed by atoms with Crippen molar-refractivity contribution in [3.05, 3.63) is 28.7 Å². The summed E-state index contributed by atoms with van der Waals surface area (Å²) in [6, 6.07) is 7.44. The number of halogens is 2. The maximum absolute atomic E-state index is 12.0. The largest absolute Gasteiger partial charge is 0.355 e. The summed E-state index contributed by atoms with van der Waals surface area (Å²) < 4.78 is 13.0. The number of hydrogen-bond donors (Lipinski definition) is 2. The van der Waals surface area contributed by atoms with Crippen LogP contribution in [0.25, 0.3) is 0 Å². The molecular weight excluding hydrogens is 376 g/mol. The summed E-state index contributed by atoms with van der Waals surface area (Å²) in [4.78, 5) is 12.3. The third kappa shape index (κ3) is 9.24. The van der Waals surface area contributed by atoms with Crippen LogP contribution in [0.1, 0.15) is 19.8 Å². The van der Waals surface area contributed by atoms with Crippen molar-refractivity contribution in [2.24, 2.45) is 0 Å². The summed E-state index contributed by atoms with van der Waals surface area (Å²) in [5, 5.41) is 5.97. The number of benzene rings is 1. The maximum Gasteiger partial charge on any atom is 0.220 e. The standard InChI is InChI=1S/C14H21BrN2O2S.ClH/c1-2-16-9-10-17-14(18)4-3-11-20(19)13-7-5-12(15)6-8-13;/h5-8,16H,2-4,9-11H2,1H3,(H,17,18);1H. The van der Waals surface area contributed by atoms with Gasteiger partial charge in [-0.05, 0) is 37.2 Å². The molecule has 0 aliphatic carbocycles. The summed E-state index contributed by atoms with van der Waals surface area (Å²) in [6.07, 6.45) is 1.06. The highest BCUT2D eigenvalue weighted by Crippen LogP contribution is 2.14. The smallest absolute Gasteiger partial charge is 0.220 e. The number of carbonyl (C=O) groups is 1. The molecule has 0 saturated carbocycles. The second-order valence-electron chi connectivity index (χ2n) is 4.31. The zero-order valence-electron chi connectivity index (χ0n) is 12.1. The molecule has 0 saturated heterocycles. The molecule has 7 heteroatoms. The van der Waals surface area contributed by atoms with Crippen LogP contribution in [-0.4, -0.2) is 35.5 Å². The average molecular weight is 398 g/mol. The van der Waals surface area contributed by atoms with Crippen LogP contribution in [0.2, 0.25) is 0 Å². The molecule has 21 heavy (non-hydrogen) atoms. The van der Waals surface area contributed by atoms with Gasteiger partial charge in [0, 0.05) is 34.6 Å². The molecule has 0 aliphatic heterocycles. The molecule has 120 valence electrons. The van der Waals surface area contributed by atoms with E-state index in [2.05, 4.69) is 26.6 Å². The van der Waals surface area contributed by atoms with E-state index in [-0.39, 0.29) is 18.3 Å². The molecule has 0 aromatic heterocycles. The van der Waals surface area contributed by atoms with Gasteiger partial charge in [-0.1, -0.05) is 22.9 Å². The number of rotatable bonds is 9. The van der Waals surface area contributed by atoms with Gasteiger partial charge in [-0.3, -0.25) is 9.00 Å². The molecular formula is C14H22BrClN2O2S. The Bertz CT molecular complexity index is 443. The van der Waals surface area contributed by atoms with Crippen molar-refractivity contribution in [3.63, 3.8) is 0 Å². The summed E-state index contributed by atoms with van der Waals surface area (Å²) in [5.41, 5.74) is 0. The van der Waals surface area contributed by atoms with Crippen molar-refractivity contribution in [1.82, 2.24) is 10.6 Å². The Balaban J connectivity index is 0.00000400. The van der Waals surface area contributed by atoms with Crippen LogP contribution in [-0.2, 0) is 15.6 Å². The van der Waals surface area contributed by atoms with Crippen LogP contribution < -0.4 is 10.6 Å². The molecule has 1 rings (SSSR count). The predicted molar refractivity (Wildman–Crippen MR) is 93.5 cm³/mol. The van der Waals surface area contributed by atoms with Gasteiger partial charge in [0.2, 0.25) is 5.91 Å². The topological polar surface area (TPSA) is 58.2 Å². The molecule has 0 bridgehead atoms. The quantitative estimate of drug-likeness (QED) is 0.629. The summed E-state index contributed by atoms with van der Waals surface area (Å²) in [6.45, 7) is 4.36. The minimum atomic E-state index is -1.03. The van der Waals surface area contributed by atoms with Crippen LogP contribution in [0.3, 0.4) is 0 Å². The number of hydrogen-bond acceptors (Lipinski definition) is 3. The lowest BCUT2D eigenvalue weighted by Gasteiger charge is -2.06. The van der Waals surface area contributed by atoms with Crippen LogP contribution in [0.5, 0.6) is 0 Å². The van der Waals surface area contributed by atoms with Crippen molar-refractivity contribution >= 4 is 45.0 Å². The Morgan fingerprint density at radius 3 is 2.52 bits per heavy atom. The second-order valence-corrected chi connectivity index (χ2v) is 6.80. The van der Waals surface area contributed by atoms with Gasteiger partial charge in [-0.15, -0.1) is 12.4 Å². The zero-order valence-corrected chi connectivity index (χ0v) is 15.3. The Morgan fingerprint density at radius 2 is 1.90 bits per heavy atom. The van der Waals surface area contributed by atoms with Gasteiger partial charge in [0.1, 0.15) is 0 Å². The molecule has 0 heterocycles. The van der Waals surface area contributed by atoms with Crippen molar-refractivity contribution in [2.45, 2.75) is 24.7 Å². The van der Waals surface area contributed by atoms with E-state index >= 15 is 0 Å². The molecule has 0 fully saturated rings. The van der Waals surface area contributed by atoms with Crippen molar-refractivity contribution < 1.29 is 9.00 Å². The first-order valence-electron chi connectivity index (χ1n) is 6.75. The molecule has 1 amide bonds. The first-order valence-corrected chi connectivity index (χ1v) is 8.86. The van der Waals surface area contributed by atoms with E-state index in [4.69, 9.17) is 0 Å². The molecule has 1 unspecified atom stereocenters. The third-order valence-electron chi connectivity index (χ3n) is 2.68.